The second-order valence-electron chi connectivity index (χ2n) is 5.26. The summed E-state index contributed by atoms with van der Waals surface area (Å²) in [5.74, 6) is 0.136. The van der Waals surface area contributed by atoms with E-state index in [0.29, 0.717) is 6.42 Å². The van der Waals surface area contributed by atoms with E-state index in [0.717, 1.165) is 6.54 Å². The average molecular weight is 185 g/mol. The highest BCUT2D eigenvalue weighted by Crippen LogP contribution is 2.36. The first kappa shape index (κ1) is 12.5. The van der Waals surface area contributed by atoms with Crippen molar-refractivity contribution in [3.05, 3.63) is 0 Å². The molecule has 0 aromatic carbocycles. The molecule has 0 aliphatic rings. The van der Waals surface area contributed by atoms with Crippen molar-refractivity contribution in [2.24, 2.45) is 10.8 Å². The van der Waals surface area contributed by atoms with Crippen LogP contribution in [0, 0.1) is 10.8 Å². The monoisotopic (exact) mass is 185 g/mol. The molecule has 0 saturated heterocycles. The molecule has 13 heavy (non-hydrogen) atoms. The molecule has 0 aromatic heterocycles. The lowest BCUT2D eigenvalue weighted by atomic mass is 9.69. The fraction of sp³-hybridized carbons (Fsp3) is 0.909. The number of carbonyl (C=O) groups is 1. The summed E-state index contributed by atoms with van der Waals surface area (Å²) in [4.78, 5) is 11.1. The van der Waals surface area contributed by atoms with Crippen LogP contribution in [0.25, 0.3) is 0 Å². The Bertz CT molecular complexity index is 177. The first-order valence-corrected chi connectivity index (χ1v) is 4.97. The van der Waals surface area contributed by atoms with E-state index >= 15 is 0 Å². The van der Waals surface area contributed by atoms with Gasteiger partial charge in [0.05, 0.1) is 0 Å². The first-order chi connectivity index (χ1) is 5.70. The molecule has 0 saturated carbocycles. The smallest absolute Gasteiger partial charge is 0.219 e. The summed E-state index contributed by atoms with van der Waals surface area (Å²) in [6.45, 7) is 13.6. The Hall–Kier alpha value is -0.530. The Kier molecular flexibility index (Phi) is 3.95. The number of hydrogen-bond donors (Lipinski definition) is 1. The molecule has 0 aliphatic carbocycles. The third-order valence-electron chi connectivity index (χ3n) is 3.08. The summed E-state index contributed by atoms with van der Waals surface area (Å²) in [7, 11) is 0. The molecule has 0 aliphatic heterocycles. The summed E-state index contributed by atoms with van der Waals surface area (Å²) in [5.41, 5.74) is 0.353. The van der Waals surface area contributed by atoms with Gasteiger partial charge in [-0.15, -0.1) is 0 Å². The van der Waals surface area contributed by atoms with Crippen molar-refractivity contribution in [3.63, 3.8) is 0 Å². The highest BCUT2D eigenvalue weighted by molar-refractivity contribution is 5.75. The number of hydrogen-bond acceptors (Lipinski definition) is 1. The molecular weight excluding hydrogens is 162 g/mol. The predicted octanol–water partition coefficient (Wildman–Crippen LogP) is 2.58. The summed E-state index contributed by atoms with van der Waals surface area (Å²) in [6, 6.07) is 0. The zero-order valence-electron chi connectivity index (χ0n) is 9.82. The van der Waals surface area contributed by atoms with Crippen LogP contribution in [-0.4, -0.2) is 12.5 Å². The Labute approximate surface area is 82.1 Å². The highest BCUT2D eigenvalue weighted by atomic mass is 16.1. The van der Waals surface area contributed by atoms with Crippen LogP contribution in [0.4, 0.5) is 0 Å². The van der Waals surface area contributed by atoms with Crippen LogP contribution in [0.3, 0.4) is 0 Å². The second kappa shape index (κ2) is 4.12. The van der Waals surface area contributed by atoms with Gasteiger partial charge in [-0.05, 0) is 10.8 Å². The van der Waals surface area contributed by atoms with Gasteiger partial charge >= 0.3 is 0 Å². The molecule has 0 heterocycles. The van der Waals surface area contributed by atoms with Gasteiger partial charge in [0.15, 0.2) is 0 Å². The topological polar surface area (TPSA) is 29.1 Å². The van der Waals surface area contributed by atoms with Gasteiger partial charge in [0.2, 0.25) is 5.91 Å². The second-order valence-corrected chi connectivity index (χ2v) is 5.26. The Balaban J connectivity index is 4.12. The predicted molar refractivity (Wildman–Crippen MR) is 56.5 cm³/mol. The van der Waals surface area contributed by atoms with E-state index in [1.807, 2.05) is 6.92 Å². The molecule has 2 heteroatoms. The van der Waals surface area contributed by atoms with Crippen molar-refractivity contribution in [2.45, 2.75) is 48.0 Å². The minimum absolute atomic E-state index is 0.136. The standard InChI is InChI=1S/C11H23NO/c1-7-9(13)12-8-11(5,6)10(2,3)4/h7-8H2,1-6H3,(H,12,13). The maximum absolute atomic E-state index is 11.1. The maximum Gasteiger partial charge on any atom is 0.219 e. The molecule has 0 aromatic rings. The molecule has 0 rings (SSSR count). The maximum atomic E-state index is 11.1. The molecule has 0 atom stereocenters. The van der Waals surface area contributed by atoms with Crippen molar-refractivity contribution in [3.8, 4) is 0 Å². The first-order valence-electron chi connectivity index (χ1n) is 4.97. The number of nitrogens with one attached hydrogen (secondary N) is 1. The van der Waals surface area contributed by atoms with Crippen LogP contribution in [0.1, 0.15) is 48.0 Å². The lowest BCUT2D eigenvalue weighted by Crippen LogP contribution is -2.41. The average Bonchev–Trinajstić information content (AvgIpc) is 1.98. The molecular formula is C11H23NO. The van der Waals surface area contributed by atoms with Crippen LogP contribution >= 0.6 is 0 Å². The van der Waals surface area contributed by atoms with Gasteiger partial charge in [-0.1, -0.05) is 41.5 Å². The number of carbonyl (C=O) groups excluding carboxylic acids is 1. The van der Waals surface area contributed by atoms with Crippen LogP contribution in [0.5, 0.6) is 0 Å². The third-order valence-corrected chi connectivity index (χ3v) is 3.08. The van der Waals surface area contributed by atoms with Crippen molar-refractivity contribution < 1.29 is 4.79 Å². The minimum Gasteiger partial charge on any atom is -0.356 e. The van der Waals surface area contributed by atoms with E-state index in [9.17, 15) is 4.79 Å². The normalized spacial score (nSPS) is 12.8. The molecule has 0 fully saturated rings. The summed E-state index contributed by atoms with van der Waals surface area (Å²) >= 11 is 0. The van der Waals surface area contributed by atoms with Gasteiger partial charge in [-0.3, -0.25) is 4.79 Å². The molecule has 0 radical (unpaired) electrons. The summed E-state index contributed by atoms with van der Waals surface area (Å²) < 4.78 is 0. The van der Waals surface area contributed by atoms with E-state index in [-0.39, 0.29) is 16.7 Å². The van der Waals surface area contributed by atoms with E-state index in [1.54, 1.807) is 0 Å². The zero-order valence-corrected chi connectivity index (χ0v) is 9.82. The molecule has 1 N–H and O–H groups in total. The number of amides is 1. The Morgan fingerprint density at radius 1 is 1.15 bits per heavy atom. The van der Waals surface area contributed by atoms with E-state index < -0.39 is 0 Å². The van der Waals surface area contributed by atoms with Gasteiger partial charge in [-0.25, -0.2) is 0 Å². The molecule has 0 spiro atoms. The summed E-state index contributed by atoms with van der Waals surface area (Å²) in [6.07, 6.45) is 0.570. The quantitative estimate of drug-likeness (QED) is 0.719. The van der Waals surface area contributed by atoms with Gasteiger partial charge in [0, 0.05) is 13.0 Å². The fourth-order valence-corrected chi connectivity index (χ4v) is 0.710. The van der Waals surface area contributed by atoms with E-state index in [4.69, 9.17) is 0 Å². The van der Waals surface area contributed by atoms with Crippen molar-refractivity contribution >= 4 is 5.91 Å². The SMILES string of the molecule is CCC(=O)NCC(C)(C)C(C)(C)C. The largest absolute Gasteiger partial charge is 0.356 e. The zero-order chi connectivity index (χ0) is 10.7. The molecule has 0 bridgehead atoms. The lowest BCUT2D eigenvalue weighted by molar-refractivity contribution is -0.121. The Morgan fingerprint density at radius 3 is 1.92 bits per heavy atom. The van der Waals surface area contributed by atoms with Crippen LogP contribution < -0.4 is 5.32 Å². The van der Waals surface area contributed by atoms with Crippen LogP contribution in [-0.2, 0) is 4.79 Å². The van der Waals surface area contributed by atoms with Crippen molar-refractivity contribution in [1.82, 2.24) is 5.32 Å². The fourth-order valence-electron chi connectivity index (χ4n) is 0.710. The Morgan fingerprint density at radius 2 is 1.62 bits per heavy atom. The van der Waals surface area contributed by atoms with E-state index in [2.05, 4.69) is 39.9 Å². The van der Waals surface area contributed by atoms with Gasteiger partial charge < -0.3 is 5.32 Å². The highest BCUT2D eigenvalue weighted by Gasteiger charge is 2.32. The van der Waals surface area contributed by atoms with Crippen molar-refractivity contribution in [1.29, 1.82) is 0 Å². The van der Waals surface area contributed by atoms with Crippen LogP contribution in [0.15, 0.2) is 0 Å². The lowest BCUT2D eigenvalue weighted by Gasteiger charge is -2.38. The molecule has 78 valence electrons. The van der Waals surface area contributed by atoms with Crippen molar-refractivity contribution in [2.75, 3.05) is 6.54 Å². The number of rotatable bonds is 3. The summed E-state index contributed by atoms with van der Waals surface area (Å²) in [5, 5.41) is 2.94. The minimum atomic E-state index is 0.136. The van der Waals surface area contributed by atoms with E-state index in [1.165, 1.54) is 0 Å². The molecule has 2 nitrogen and oxygen atoms in total. The van der Waals surface area contributed by atoms with Gasteiger partial charge in [0.25, 0.3) is 0 Å². The van der Waals surface area contributed by atoms with Gasteiger partial charge in [0.1, 0.15) is 0 Å². The molecule has 1 amide bonds. The molecule has 0 unspecified atom stereocenters. The van der Waals surface area contributed by atoms with Crippen LogP contribution in [0.2, 0.25) is 0 Å². The van der Waals surface area contributed by atoms with Gasteiger partial charge in [-0.2, -0.15) is 0 Å². The third kappa shape index (κ3) is 3.79.